The molecular formula is C16H22FN5. The minimum absolute atomic E-state index is 0.213. The van der Waals surface area contributed by atoms with Crippen molar-refractivity contribution in [1.29, 1.82) is 0 Å². The Morgan fingerprint density at radius 1 is 1.18 bits per heavy atom. The largest absolute Gasteiger partial charge is 0.304 e. The molecule has 1 aliphatic rings. The second-order valence-electron chi connectivity index (χ2n) is 6.06. The molecule has 1 aromatic carbocycles. The molecule has 3 rings (SSSR count). The maximum Gasteiger partial charge on any atom is 0.138 e. The number of aromatic nitrogens is 3. The van der Waals surface area contributed by atoms with Crippen molar-refractivity contribution in [2.45, 2.75) is 19.0 Å². The van der Waals surface area contributed by atoms with Crippen LogP contribution < -0.4 is 0 Å². The Kier molecular flexibility index (Phi) is 4.49. The topological polar surface area (TPSA) is 37.2 Å². The third kappa shape index (κ3) is 3.51. The van der Waals surface area contributed by atoms with Gasteiger partial charge in [-0.05, 0) is 31.8 Å². The molecule has 1 atom stereocenters. The summed E-state index contributed by atoms with van der Waals surface area (Å²) in [5.41, 5.74) is 1.03. The van der Waals surface area contributed by atoms with Gasteiger partial charge in [0.05, 0.1) is 6.54 Å². The fourth-order valence-corrected chi connectivity index (χ4v) is 2.87. The SMILES string of the molecule is CN1CCN(C)[C@H](Cc2ncnn2Cc2ccc(F)cc2)C1. The summed E-state index contributed by atoms with van der Waals surface area (Å²) in [7, 11) is 4.32. The molecule has 1 aromatic heterocycles. The van der Waals surface area contributed by atoms with Gasteiger partial charge >= 0.3 is 0 Å². The predicted molar refractivity (Wildman–Crippen MR) is 83.1 cm³/mol. The molecule has 0 saturated carbocycles. The Labute approximate surface area is 130 Å². The van der Waals surface area contributed by atoms with Gasteiger partial charge in [0.1, 0.15) is 18.0 Å². The molecular weight excluding hydrogens is 281 g/mol. The molecule has 0 spiro atoms. The molecule has 0 unspecified atom stereocenters. The summed E-state index contributed by atoms with van der Waals surface area (Å²) in [6.07, 6.45) is 2.48. The van der Waals surface area contributed by atoms with E-state index in [4.69, 9.17) is 0 Å². The molecule has 0 amide bonds. The smallest absolute Gasteiger partial charge is 0.138 e. The number of nitrogens with zero attached hydrogens (tertiary/aromatic N) is 5. The van der Waals surface area contributed by atoms with Crippen LogP contribution in [0.5, 0.6) is 0 Å². The highest BCUT2D eigenvalue weighted by molar-refractivity contribution is 5.16. The monoisotopic (exact) mass is 303 g/mol. The van der Waals surface area contributed by atoms with E-state index in [9.17, 15) is 4.39 Å². The second-order valence-corrected chi connectivity index (χ2v) is 6.06. The number of likely N-dealkylation sites (N-methyl/N-ethyl adjacent to an activating group) is 2. The van der Waals surface area contributed by atoms with Crippen LogP contribution in [0.3, 0.4) is 0 Å². The molecule has 0 bridgehead atoms. The predicted octanol–water partition coefficient (Wildman–Crippen LogP) is 1.25. The first-order valence-electron chi connectivity index (χ1n) is 7.62. The zero-order chi connectivity index (χ0) is 15.5. The van der Waals surface area contributed by atoms with E-state index >= 15 is 0 Å². The van der Waals surface area contributed by atoms with E-state index in [1.807, 2.05) is 4.68 Å². The van der Waals surface area contributed by atoms with Crippen LogP contribution in [0.25, 0.3) is 0 Å². The van der Waals surface area contributed by atoms with Crippen molar-refractivity contribution in [3.63, 3.8) is 0 Å². The third-order valence-corrected chi connectivity index (χ3v) is 4.34. The summed E-state index contributed by atoms with van der Waals surface area (Å²) in [6.45, 7) is 3.85. The number of benzene rings is 1. The van der Waals surface area contributed by atoms with Crippen LogP contribution in [0.4, 0.5) is 4.39 Å². The summed E-state index contributed by atoms with van der Waals surface area (Å²) in [5.74, 6) is 0.769. The molecule has 1 aliphatic heterocycles. The van der Waals surface area contributed by atoms with Crippen LogP contribution >= 0.6 is 0 Å². The first-order chi connectivity index (χ1) is 10.6. The van der Waals surface area contributed by atoms with Crippen LogP contribution in [0, 0.1) is 5.82 Å². The molecule has 0 aliphatic carbocycles. The number of halogens is 1. The maximum atomic E-state index is 13.0. The van der Waals surface area contributed by atoms with Gasteiger partial charge in [-0.1, -0.05) is 12.1 Å². The van der Waals surface area contributed by atoms with E-state index in [0.717, 1.165) is 37.4 Å². The quantitative estimate of drug-likeness (QED) is 0.852. The number of rotatable bonds is 4. The minimum Gasteiger partial charge on any atom is -0.304 e. The van der Waals surface area contributed by atoms with Crippen molar-refractivity contribution < 1.29 is 4.39 Å². The lowest BCUT2D eigenvalue weighted by molar-refractivity contribution is 0.112. The van der Waals surface area contributed by atoms with E-state index in [1.165, 1.54) is 12.1 Å². The highest BCUT2D eigenvalue weighted by Gasteiger charge is 2.24. The van der Waals surface area contributed by atoms with Crippen molar-refractivity contribution in [1.82, 2.24) is 24.6 Å². The Hall–Kier alpha value is -1.79. The summed E-state index contributed by atoms with van der Waals surface area (Å²) >= 11 is 0. The fraction of sp³-hybridized carbons (Fsp3) is 0.500. The van der Waals surface area contributed by atoms with Crippen LogP contribution in [0.2, 0.25) is 0 Å². The Morgan fingerprint density at radius 2 is 1.95 bits per heavy atom. The average Bonchev–Trinajstić information content (AvgIpc) is 2.92. The van der Waals surface area contributed by atoms with Gasteiger partial charge in [-0.2, -0.15) is 5.10 Å². The van der Waals surface area contributed by atoms with Crippen molar-refractivity contribution >= 4 is 0 Å². The average molecular weight is 303 g/mol. The molecule has 5 nitrogen and oxygen atoms in total. The van der Waals surface area contributed by atoms with Crippen molar-refractivity contribution in [3.8, 4) is 0 Å². The fourth-order valence-electron chi connectivity index (χ4n) is 2.87. The van der Waals surface area contributed by atoms with E-state index in [-0.39, 0.29) is 5.82 Å². The lowest BCUT2D eigenvalue weighted by atomic mass is 10.1. The zero-order valence-electron chi connectivity index (χ0n) is 13.1. The van der Waals surface area contributed by atoms with Crippen LogP contribution in [0.15, 0.2) is 30.6 Å². The zero-order valence-corrected chi connectivity index (χ0v) is 13.1. The van der Waals surface area contributed by atoms with Gasteiger partial charge in [0.2, 0.25) is 0 Å². The van der Waals surface area contributed by atoms with Crippen LogP contribution in [0.1, 0.15) is 11.4 Å². The molecule has 0 N–H and O–H groups in total. The lowest BCUT2D eigenvalue weighted by Gasteiger charge is -2.37. The standard InChI is InChI=1S/C16H22FN5/c1-20-7-8-21(2)15(11-20)9-16-18-12-19-22(16)10-13-3-5-14(17)6-4-13/h3-6,12,15H,7-11H2,1-2H3/t15-/m1/s1. The maximum absolute atomic E-state index is 13.0. The van der Waals surface area contributed by atoms with E-state index in [2.05, 4.69) is 34.0 Å². The van der Waals surface area contributed by atoms with Gasteiger partial charge in [0.15, 0.2) is 0 Å². The molecule has 2 aromatic rings. The van der Waals surface area contributed by atoms with Gasteiger partial charge in [-0.25, -0.2) is 14.1 Å². The molecule has 118 valence electrons. The summed E-state index contributed by atoms with van der Waals surface area (Å²) in [5, 5.41) is 4.32. The molecule has 2 heterocycles. The van der Waals surface area contributed by atoms with Gasteiger partial charge in [-0.3, -0.25) is 0 Å². The van der Waals surface area contributed by atoms with Crippen molar-refractivity contribution in [2.24, 2.45) is 0 Å². The normalized spacial score (nSPS) is 20.4. The number of hydrogen-bond donors (Lipinski definition) is 0. The van der Waals surface area contributed by atoms with Crippen LogP contribution in [-0.4, -0.2) is 64.3 Å². The number of hydrogen-bond acceptors (Lipinski definition) is 4. The summed E-state index contributed by atoms with van der Waals surface area (Å²) in [4.78, 5) is 9.15. The van der Waals surface area contributed by atoms with Crippen LogP contribution in [-0.2, 0) is 13.0 Å². The second kappa shape index (κ2) is 6.54. The van der Waals surface area contributed by atoms with Gasteiger partial charge in [0, 0.05) is 32.1 Å². The van der Waals surface area contributed by atoms with Gasteiger partial charge in [0.25, 0.3) is 0 Å². The first-order valence-corrected chi connectivity index (χ1v) is 7.62. The van der Waals surface area contributed by atoms with Crippen molar-refractivity contribution in [3.05, 3.63) is 47.8 Å². The Morgan fingerprint density at radius 3 is 2.73 bits per heavy atom. The summed E-state index contributed by atoms with van der Waals surface area (Å²) in [6, 6.07) is 7.00. The third-order valence-electron chi connectivity index (χ3n) is 4.34. The highest BCUT2D eigenvalue weighted by Crippen LogP contribution is 2.12. The molecule has 1 fully saturated rings. The molecule has 22 heavy (non-hydrogen) atoms. The summed E-state index contributed by atoms with van der Waals surface area (Å²) < 4.78 is 14.9. The van der Waals surface area contributed by atoms with Gasteiger partial charge < -0.3 is 9.80 Å². The lowest BCUT2D eigenvalue weighted by Crippen LogP contribution is -2.51. The van der Waals surface area contributed by atoms with Gasteiger partial charge in [-0.15, -0.1) is 0 Å². The Balaban J connectivity index is 1.70. The molecule has 0 radical (unpaired) electrons. The first kappa shape index (κ1) is 15.1. The minimum atomic E-state index is -0.213. The van der Waals surface area contributed by atoms with E-state index < -0.39 is 0 Å². The molecule has 1 saturated heterocycles. The van der Waals surface area contributed by atoms with Crippen molar-refractivity contribution in [2.75, 3.05) is 33.7 Å². The highest BCUT2D eigenvalue weighted by atomic mass is 19.1. The number of piperazine rings is 1. The Bertz CT molecular complexity index is 609. The molecule has 6 heteroatoms. The van der Waals surface area contributed by atoms with E-state index in [0.29, 0.717) is 12.6 Å². The van der Waals surface area contributed by atoms with E-state index in [1.54, 1.807) is 18.5 Å².